The Morgan fingerprint density at radius 1 is 0.973 bits per heavy atom. The number of carbonyl (C=O) groups is 1. The van der Waals surface area contributed by atoms with Gasteiger partial charge in [-0.2, -0.15) is 5.26 Å². The van der Waals surface area contributed by atoms with Crippen molar-refractivity contribution in [1.29, 1.82) is 5.26 Å². The summed E-state index contributed by atoms with van der Waals surface area (Å²) < 4.78 is 2.79. The lowest BCUT2D eigenvalue weighted by molar-refractivity contribution is -0.121. The zero-order valence-electron chi connectivity index (χ0n) is 20.2. The highest BCUT2D eigenvalue weighted by Crippen LogP contribution is 2.30. The zero-order valence-corrected chi connectivity index (χ0v) is 20.2. The third-order valence-electron chi connectivity index (χ3n) is 7.06. The maximum atomic E-state index is 13.6. The van der Waals surface area contributed by atoms with Gasteiger partial charge < -0.3 is 5.32 Å². The van der Waals surface area contributed by atoms with E-state index in [-0.39, 0.29) is 36.3 Å². The van der Waals surface area contributed by atoms with Gasteiger partial charge in [-0.15, -0.1) is 0 Å². The van der Waals surface area contributed by atoms with Gasteiger partial charge in [-0.05, 0) is 67.5 Å². The number of benzene rings is 1. The molecule has 5 rings (SSSR count). The number of nitriles is 1. The van der Waals surface area contributed by atoms with Gasteiger partial charge in [-0.1, -0.05) is 18.2 Å². The number of anilines is 1. The lowest BCUT2D eigenvalue weighted by Gasteiger charge is -2.28. The first-order valence-electron chi connectivity index (χ1n) is 12.3. The predicted molar refractivity (Wildman–Crippen MR) is 139 cm³/mol. The highest BCUT2D eigenvalue weighted by molar-refractivity contribution is 5.92. The summed E-state index contributed by atoms with van der Waals surface area (Å²) in [5.74, 6) is -0.0369. The fraction of sp³-hybridized carbons (Fsp3) is 0.286. The molecule has 0 bridgehead atoms. The standard InChI is InChI=1S/C28H26N6O3/c29-16-21-4-1-2-5-22(21)18-33-24-6-3-13-31-25(24)27(36)34(28(33)37)17-19-7-9-20(10-8-19)26(35)32-23-11-14-30-15-12-23/h1-6,11-15,19-20H,7-10,17-18H2,(H,30,32,35). The van der Waals surface area contributed by atoms with E-state index in [2.05, 4.69) is 21.4 Å². The van der Waals surface area contributed by atoms with Crippen molar-refractivity contribution in [2.45, 2.75) is 38.8 Å². The van der Waals surface area contributed by atoms with Crippen LogP contribution in [0, 0.1) is 23.2 Å². The van der Waals surface area contributed by atoms with E-state index < -0.39 is 11.2 Å². The lowest BCUT2D eigenvalue weighted by Crippen LogP contribution is -2.42. The number of nitrogens with one attached hydrogen (secondary N) is 1. The monoisotopic (exact) mass is 494 g/mol. The molecule has 0 atom stereocenters. The van der Waals surface area contributed by atoms with E-state index in [0.29, 0.717) is 29.5 Å². The minimum Gasteiger partial charge on any atom is -0.326 e. The Labute approximate surface area is 213 Å². The molecule has 0 saturated heterocycles. The Morgan fingerprint density at radius 2 is 1.73 bits per heavy atom. The van der Waals surface area contributed by atoms with Crippen molar-refractivity contribution in [2.24, 2.45) is 11.8 Å². The van der Waals surface area contributed by atoms with Crippen LogP contribution in [-0.4, -0.2) is 25.0 Å². The SMILES string of the molecule is N#Cc1ccccc1Cn1c(=O)n(CC2CCC(C(=O)Nc3ccncc3)CC2)c(=O)c2ncccc21. The van der Waals surface area contributed by atoms with Crippen molar-refractivity contribution >= 4 is 22.6 Å². The van der Waals surface area contributed by atoms with Crippen molar-refractivity contribution in [2.75, 3.05) is 5.32 Å². The molecule has 1 N–H and O–H groups in total. The first kappa shape index (κ1) is 24.1. The molecule has 3 aromatic heterocycles. The molecule has 1 aliphatic carbocycles. The van der Waals surface area contributed by atoms with E-state index in [0.717, 1.165) is 18.5 Å². The fourth-order valence-electron chi connectivity index (χ4n) is 5.04. The molecular formula is C28H26N6O3. The maximum absolute atomic E-state index is 13.6. The molecule has 9 heteroatoms. The van der Waals surface area contributed by atoms with Gasteiger partial charge in [-0.3, -0.25) is 23.7 Å². The molecule has 1 aromatic carbocycles. The van der Waals surface area contributed by atoms with Gasteiger partial charge in [0.25, 0.3) is 5.56 Å². The van der Waals surface area contributed by atoms with Gasteiger partial charge in [0, 0.05) is 36.7 Å². The second kappa shape index (κ2) is 10.6. The van der Waals surface area contributed by atoms with E-state index in [4.69, 9.17) is 0 Å². The topological polar surface area (TPSA) is 123 Å². The molecule has 4 aromatic rings. The van der Waals surface area contributed by atoms with Gasteiger partial charge in [-0.25, -0.2) is 9.78 Å². The Morgan fingerprint density at radius 3 is 2.49 bits per heavy atom. The highest BCUT2D eigenvalue weighted by atomic mass is 16.2. The van der Waals surface area contributed by atoms with E-state index in [9.17, 15) is 19.6 Å². The van der Waals surface area contributed by atoms with Crippen LogP contribution in [0.25, 0.3) is 11.0 Å². The molecule has 1 aliphatic rings. The fourth-order valence-corrected chi connectivity index (χ4v) is 5.04. The minimum atomic E-state index is -0.421. The normalized spacial score (nSPS) is 17.3. The van der Waals surface area contributed by atoms with Crippen LogP contribution in [0.1, 0.15) is 36.8 Å². The molecule has 37 heavy (non-hydrogen) atoms. The summed E-state index contributed by atoms with van der Waals surface area (Å²) in [6.45, 7) is 0.426. The number of aromatic nitrogens is 4. The second-order valence-electron chi connectivity index (χ2n) is 9.37. The van der Waals surface area contributed by atoms with Crippen molar-refractivity contribution in [3.63, 3.8) is 0 Å². The van der Waals surface area contributed by atoms with Crippen molar-refractivity contribution < 1.29 is 4.79 Å². The summed E-state index contributed by atoms with van der Waals surface area (Å²) >= 11 is 0. The molecule has 1 fully saturated rings. The number of hydrogen-bond acceptors (Lipinski definition) is 6. The first-order chi connectivity index (χ1) is 18.0. The van der Waals surface area contributed by atoms with Gasteiger partial charge in [0.15, 0.2) is 5.52 Å². The van der Waals surface area contributed by atoms with Crippen LogP contribution in [0.4, 0.5) is 5.69 Å². The summed E-state index contributed by atoms with van der Waals surface area (Å²) in [4.78, 5) is 47.8. The molecule has 0 aliphatic heterocycles. The quantitative estimate of drug-likeness (QED) is 0.439. The average Bonchev–Trinajstić information content (AvgIpc) is 2.94. The van der Waals surface area contributed by atoms with Crippen LogP contribution in [-0.2, 0) is 17.9 Å². The highest BCUT2D eigenvalue weighted by Gasteiger charge is 2.28. The average molecular weight is 495 g/mol. The Kier molecular flexibility index (Phi) is 6.90. The molecule has 186 valence electrons. The van der Waals surface area contributed by atoms with Crippen molar-refractivity contribution in [3.05, 3.63) is 99.1 Å². The number of carbonyl (C=O) groups excluding carboxylic acids is 1. The van der Waals surface area contributed by atoms with Crippen LogP contribution >= 0.6 is 0 Å². The molecule has 0 unspecified atom stereocenters. The van der Waals surface area contributed by atoms with Gasteiger partial charge in [0.05, 0.1) is 23.7 Å². The van der Waals surface area contributed by atoms with E-state index in [1.807, 2.05) is 6.07 Å². The van der Waals surface area contributed by atoms with Gasteiger partial charge in [0.1, 0.15) is 0 Å². The van der Waals surface area contributed by atoms with Crippen LogP contribution in [0.2, 0.25) is 0 Å². The third-order valence-corrected chi connectivity index (χ3v) is 7.06. The largest absolute Gasteiger partial charge is 0.331 e. The Balaban J connectivity index is 1.38. The smallest absolute Gasteiger partial charge is 0.326 e. The van der Waals surface area contributed by atoms with Crippen molar-refractivity contribution in [1.82, 2.24) is 19.1 Å². The summed E-state index contributed by atoms with van der Waals surface area (Å²) in [7, 11) is 0. The second-order valence-corrected chi connectivity index (χ2v) is 9.37. The maximum Gasteiger partial charge on any atom is 0.331 e. The molecule has 0 radical (unpaired) electrons. The molecular weight excluding hydrogens is 468 g/mol. The van der Waals surface area contributed by atoms with Crippen LogP contribution in [0.3, 0.4) is 0 Å². The first-order valence-corrected chi connectivity index (χ1v) is 12.3. The third kappa shape index (κ3) is 5.05. The van der Waals surface area contributed by atoms with Crippen LogP contribution in [0.5, 0.6) is 0 Å². The van der Waals surface area contributed by atoms with E-state index in [1.54, 1.807) is 61.1 Å². The van der Waals surface area contributed by atoms with E-state index in [1.165, 1.54) is 9.13 Å². The Hall–Kier alpha value is -4.58. The number of hydrogen-bond donors (Lipinski definition) is 1. The zero-order chi connectivity index (χ0) is 25.8. The van der Waals surface area contributed by atoms with Crippen LogP contribution < -0.4 is 16.6 Å². The number of fused-ring (bicyclic) bond motifs is 1. The summed E-state index contributed by atoms with van der Waals surface area (Å²) in [6.07, 6.45) is 7.65. The lowest BCUT2D eigenvalue weighted by atomic mass is 9.81. The Bertz CT molecular complexity index is 1590. The minimum absolute atomic E-state index is 0.0183. The van der Waals surface area contributed by atoms with Gasteiger partial charge in [0.2, 0.25) is 5.91 Å². The predicted octanol–water partition coefficient (Wildman–Crippen LogP) is 3.32. The summed E-state index contributed by atoms with van der Waals surface area (Å²) in [5, 5.41) is 12.4. The number of nitrogens with zero attached hydrogens (tertiary/aromatic N) is 5. The number of pyridine rings is 2. The van der Waals surface area contributed by atoms with E-state index >= 15 is 0 Å². The number of rotatable bonds is 6. The summed E-state index contributed by atoms with van der Waals surface area (Å²) in [5.41, 5.74) is 1.73. The molecule has 9 nitrogen and oxygen atoms in total. The van der Waals surface area contributed by atoms with Crippen molar-refractivity contribution in [3.8, 4) is 6.07 Å². The molecule has 3 heterocycles. The molecule has 1 saturated carbocycles. The number of amides is 1. The molecule has 1 amide bonds. The molecule has 0 spiro atoms. The van der Waals surface area contributed by atoms with Crippen LogP contribution in [0.15, 0.2) is 76.7 Å². The van der Waals surface area contributed by atoms with Gasteiger partial charge >= 0.3 is 5.69 Å². The summed E-state index contributed by atoms with van der Waals surface area (Å²) in [6, 6.07) is 16.2.